The number of para-hydroxylation sites is 1. The number of halogens is 1. The molecular formula is C14H14BrNO2. The van der Waals surface area contributed by atoms with Gasteiger partial charge in [-0.1, -0.05) is 24.3 Å². The number of hydrogen-bond donors (Lipinski definition) is 2. The summed E-state index contributed by atoms with van der Waals surface area (Å²) in [6.45, 7) is 0.445. The van der Waals surface area contributed by atoms with E-state index < -0.39 is 0 Å². The number of nitrogens with two attached hydrogens (primary N) is 1. The first-order valence-corrected chi connectivity index (χ1v) is 6.39. The largest absolute Gasteiger partial charge is 0.456 e. The molecule has 0 aliphatic rings. The van der Waals surface area contributed by atoms with Crippen LogP contribution in [-0.4, -0.2) is 5.11 Å². The highest BCUT2D eigenvalue weighted by atomic mass is 79.9. The molecule has 0 amide bonds. The van der Waals surface area contributed by atoms with Crippen molar-refractivity contribution >= 4 is 15.9 Å². The molecule has 3 N–H and O–H groups in total. The van der Waals surface area contributed by atoms with Crippen molar-refractivity contribution in [1.29, 1.82) is 0 Å². The third-order valence-electron chi connectivity index (χ3n) is 2.59. The lowest BCUT2D eigenvalue weighted by molar-refractivity contribution is 0.276. The Morgan fingerprint density at radius 2 is 1.89 bits per heavy atom. The standard InChI is InChI=1S/C14H14BrNO2/c15-12-7-10(8-16)5-6-14(12)18-13-4-2-1-3-11(13)9-17/h1-7,17H,8-9,16H2. The van der Waals surface area contributed by atoms with Gasteiger partial charge in [0.2, 0.25) is 0 Å². The minimum Gasteiger partial charge on any atom is -0.456 e. The minimum atomic E-state index is -0.0469. The molecule has 4 heteroatoms. The zero-order valence-electron chi connectivity index (χ0n) is 9.77. The molecular weight excluding hydrogens is 294 g/mol. The molecule has 2 aromatic carbocycles. The van der Waals surface area contributed by atoms with Gasteiger partial charge < -0.3 is 15.6 Å². The summed E-state index contributed by atoms with van der Waals surface area (Å²) in [5, 5.41) is 9.24. The molecule has 0 saturated heterocycles. The Bertz CT molecular complexity index is 543. The maximum atomic E-state index is 9.24. The summed E-state index contributed by atoms with van der Waals surface area (Å²) < 4.78 is 6.63. The van der Waals surface area contributed by atoms with Gasteiger partial charge in [-0.25, -0.2) is 0 Å². The molecule has 0 spiro atoms. The lowest BCUT2D eigenvalue weighted by Gasteiger charge is -2.11. The van der Waals surface area contributed by atoms with Gasteiger partial charge in [0.25, 0.3) is 0 Å². The number of benzene rings is 2. The first-order chi connectivity index (χ1) is 8.74. The van der Waals surface area contributed by atoms with Crippen molar-refractivity contribution in [2.24, 2.45) is 5.73 Å². The van der Waals surface area contributed by atoms with E-state index in [1.807, 2.05) is 42.5 Å². The summed E-state index contributed by atoms with van der Waals surface area (Å²) in [7, 11) is 0. The predicted molar refractivity (Wildman–Crippen MR) is 74.5 cm³/mol. The van der Waals surface area contributed by atoms with Crippen LogP contribution in [0.3, 0.4) is 0 Å². The summed E-state index contributed by atoms with van der Waals surface area (Å²) in [4.78, 5) is 0. The molecule has 0 bridgehead atoms. The maximum Gasteiger partial charge on any atom is 0.141 e. The Labute approximate surface area is 114 Å². The van der Waals surface area contributed by atoms with Gasteiger partial charge in [0.05, 0.1) is 11.1 Å². The van der Waals surface area contributed by atoms with Crippen molar-refractivity contribution in [2.75, 3.05) is 0 Å². The average Bonchev–Trinajstić information content (AvgIpc) is 2.41. The number of aliphatic hydroxyl groups is 1. The van der Waals surface area contributed by atoms with Crippen LogP contribution in [0.5, 0.6) is 11.5 Å². The van der Waals surface area contributed by atoms with E-state index in [9.17, 15) is 5.11 Å². The van der Waals surface area contributed by atoms with Crippen molar-refractivity contribution < 1.29 is 9.84 Å². The molecule has 3 nitrogen and oxygen atoms in total. The third kappa shape index (κ3) is 2.90. The third-order valence-corrected chi connectivity index (χ3v) is 3.21. The lowest BCUT2D eigenvalue weighted by atomic mass is 10.2. The quantitative estimate of drug-likeness (QED) is 0.912. The van der Waals surface area contributed by atoms with E-state index in [2.05, 4.69) is 15.9 Å². The Morgan fingerprint density at radius 1 is 1.11 bits per heavy atom. The van der Waals surface area contributed by atoms with Crippen molar-refractivity contribution in [3.63, 3.8) is 0 Å². The Kier molecular flexibility index (Phi) is 4.36. The second kappa shape index (κ2) is 6.00. The normalized spacial score (nSPS) is 10.4. The maximum absolute atomic E-state index is 9.24. The van der Waals surface area contributed by atoms with Crippen LogP contribution in [0.25, 0.3) is 0 Å². The van der Waals surface area contributed by atoms with E-state index in [1.165, 1.54) is 0 Å². The average molecular weight is 308 g/mol. The van der Waals surface area contributed by atoms with Crippen LogP contribution >= 0.6 is 15.9 Å². The molecule has 94 valence electrons. The highest BCUT2D eigenvalue weighted by Gasteiger charge is 2.06. The first-order valence-electron chi connectivity index (χ1n) is 5.59. The predicted octanol–water partition coefficient (Wildman–Crippen LogP) is 3.19. The van der Waals surface area contributed by atoms with E-state index in [0.717, 1.165) is 15.6 Å². The number of aliphatic hydroxyl groups excluding tert-OH is 1. The van der Waals surface area contributed by atoms with E-state index in [1.54, 1.807) is 0 Å². The zero-order valence-corrected chi connectivity index (χ0v) is 11.4. The fourth-order valence-corrected chi connectivity index (χ4v) is 2.11. The highest BCUT2D eigenvalue weighted by Crippen LogP contribution is 2.32. The molecule has 2 rings (SSSR count). The molecule has 0 aromatic heterocycles. The fraction of sp³-hybridized carbons (Fsp3) is 0.143. The highest BCUT2D eigenvalue weighted by molar-refractivity contribution is 9.10. The van der Waals surface area contributed by atoms with Crippen LogP contribution in [0.2, 0.25) is 0 Å². The molecule has 2 aromatic rings. The van der Waals surface area contributed by atoms with E-state index in [-0.39, 0.29) is 6.61 Å². The van der Waals surface area contributed by atoms with Gasteiger partial charge in [-0.15, -0.1) is 0 Å². The van der Waals surface area contributed by atoms with Gasteiger partial charge in [-0.2, -0.15) is 0 Å². The van der Waals surface area contributed by atoms with Crippen molar-refractivity contribution in [3.05, 3.63) is 58.1 Å². The molecule has 0 aliphatic heterocycles. The molecule has 0 saturated carbocycles. The summed E-state index contributed by atoms with van der Waals surface area (Å²) in [5.74, 6) is 1.36. The Hall–Kier alpha value is -1.36. The molecule has 18 heavy (non-hydrogen) atoms. The minimum absolute atomic E-state index is 0.0469. The van der Waals surface area contributed by atoms with Crippen LogP contribution in [0.15, 0.2) is 46.9 Å². The topological polar surface area (TPSA) is 55.5 Å². The molecule has 0 unspecified atom stereocenters. The van der Waals surface area contributed by atoms with Crippen LogP contribution in [0.4, 0.5) is 0 Å². The lowest BCUT2D eigenvalue weighted by Crippen LogP contribution is -1.97. The summed E-state index contributed by atoms with van der Waals surface area (Å²) in [5.41, 5.74) is 7.36. The van der Waals surface area contributed by atoms with Crippen LogP contribution in [-0.2, 0) is 13.2 Å². The van der Waals surface area contributed by atoms with Crippen molar-refractivity contribution in [2.45, 2.75) is 13.2 Å². The molecule has 0 aliphatic carbocycles. The second-order valence-corrected chi connectivity index (χ2v) is 4.69. The van der Waals surface area contributed by atoms with Crippen LogP contribution in [0.1, 0.15) is 11.1 Å². The van der Waals surface area contributed by atoms with Crippen LogP contribution in [0, 0.1) is 0 Å². The number of ether oxygens (including phenoxy) is 1. The van der Waals surface area contributed by atoms with E-state index in [4.69, 9.17) is 10.5 Å². The summed E-state index contributed by atoms with van der Waals surface area (Å²) in [6.07, 6.45) is 0. The fourth-order valence-electron chi connectivity index (χ4n) is 1.61. The number of rotatable bonds is 4. The van der Waals surface area contributed by atoms with Gasteiger partial charge in [0.1, 0.15) is 11.5 Å². The first kappa shape index (κ1) is 13.1. The summed E-state index contributed by atoms with van der Waals surface area (Å²) >= 11 is 3.45. The molecule has 0 atom stereocenters. The van der Waals surface area contributed by atoms with Gasteiger partial charge in [0, 0.05) is 12.1 Å². The molecule has 0 fully saturated rings. The van der Waals surface area contributed by atoms with Crippen molar-refractivity contribution in [3.8, 4) is 11.5 Å². The summed E-state index contributed by atoms with van der Waals surface area (Å²) in [6, 6.07) is 13.1. The monoisotopic (exact) mass is 307 g/mol. The number of hydrogen-bond acceptors (Lipinski definition) is 3. The van der Waals surface area contributed by atoms with Gasteiger partial charge >= 0.3 is 0 Å². The van der Waals surface area contributed by atoms with Gasteiger partial charge in [-0.3, -0.25) is 0 Å². The SMILES string of the molecule is NCc1ccc(Oc2ccccc2CO)c(Br)c1. The molecule has 0 heterocycles. The Balaban J connectivity index is 2.28. The van der Waals surface area contributed by atoms with Gasteiger partial charge in [0.15, 0.2) is 0 Å². The van der Waals surface area contributed by atoms with Crippen molar-refractivity contribution in [1.82, 2.24) is 0 Å². The van der Waals surface area contributed by atoms with Crippen LogP contribution < -0.4 is 10.5 Å². The zero-order chi connectivity index (χ0) is 13.0. The van der Waals surface area contributed by atoms with E-state index >= 15 is 0 Å². The smallest absolute Gasteiger partial charge is 0.141 e. The van der Waals surface area contributed by atoms with Gasteiger partial charge in [-0.05, 0) is 39.7 Å². The van der Waals surface area contributed by atoms with E-state index in [0.29, 0.717) is 18.0 Å². The second-order valence-electron chi connectivity index (χ2n) is 3.84. The molecule has 0 radical (unpaired) electrons. The Morgan fingerprint density at radius 3 is 2.56 bits per heavy atom.